The second-order valence-corrected chi connectivity index (χ2v) is 1.94. The molecule has 0 bridgehead atoms. The van der Waals surface area contributed by atoms with Crippen molar-refractivity contribution < 1.29 is 13.2 Å². The summed E-state index contributed by atoms with van der Waals surface area (Å²) < 4.78 is 34.5. The molecule has 5 heteroatoms. The van der Waals surface area contributed by atoms with Crippen LogP contribution >= 0.6 is 12.4 Å². The summed E-state index contributed by atoms with van der Waals surface area (Å²) in [5.41, 5.74) is 4.74. The Bertz CT molecular complexity index is 83.5. The van der Waals surface area contributed by atoms with Crippen molar-refractivity contribution in [2.45, 2.75) is 32.0 Å². The fourth-order valence-corrected chi connectivity index (χ4v) is 0.475. The first-order valence-electron chi connectivity index (χ1n) is 2.80. The molecule has 0 aliphatic carbocycles. The van der Waals surface area contributed by atoms with Crippen molar-refractivity contribution in [2.24, 2.45) is 5.73 Å². The van der Waals surface area contributed by atoms with E-state index in [1.807, 2.05) is 0 Å². The van der Waals surface area contributed by atoms with Crippen molar-refractivity contribution in [1.82, 2.24) is 0 Å². The molecule has 0 rings (SSSR count). The standard InChI is InChI=1S/C5H10F3N.ClH/c1-2-3-4(9)5(6,7)8;/h4H,2-3,9H2,1H3;1H/t4-;/m0./s1. The SMILES string of the molecule is CCC[C@H](N)C(F)(F)F.Cl. The lowest BCUT2D eigenvalue weighted by Gasteiger charge is -2.13. The van der Waals surface area contributed by atoms with Crippen LogP contribution in [0.5, 0.6) is 0 Å². The van der Waals surface area contributed by atoms with Gasteiger partial charge in [0.05, 0.1) is 0 Å². The van der Waals surface area contributed by atoms with Gasteiger partial charge >= 0.3 is 6.18 Å². The zero-order chi connectivity index (χ0) is 7.49. The van der Waals surface area contributed by atoms with Gasteiger partial charge in [0.25, 0.3) is 0 Å². The van der Waals surface area contributed by atoms with E-state index in [2.05, 4.69) is 0 Å². The van der Waals surface area contributed by atoms with Gasteiger partial charge < -0.3 is 5.73 Å². The van der Waals surface area contributed by atoms with Crippen molar-refractivity contribution in [2.75, 3.05) is 0 Å². The first-order chi connectivity index (χ1) is 3.98. The smallest absolute Gasteiger partial charge is 0.320 e. The minimum Gasteiger partial charge on any atom is -0.320 e. The minimum atomic E-state index is -4.21. The molecule has 0 aromatic carbocycles. The lowest BCUT2D eigenvalue weighted by Crippen LogP contribution is -2.36. The topological polar surface area (TPSA) is 26.0 Å². The molecule has 1 nitrogen and oxygen atoms in total. The third-order valence-corrected chi connectivity index (χ3v) is 1.02. The predicted molar refractivity (Wildman–Crippen MR) is 36.2 cm³/mol. The first kappa shape index (κ1) is 12.7. The molecule has 0 aromatic rings. The van der Waals surface area contributed by atoms with Crippen LogP contribution in [0.1, 0.15) is 19.8 Å². The molecule has 0 saturated heterocycles. The number of hydrogen-bond donors (Lipinski definition) is 1. The van der Waals surface area contributed by atoms with Gasteiger partial charge in [-0.2, -0.15) is 13.2 Å². The highest BCUT2D eigenvalue weighted by molar-refractivity contribution is 5.85. The van der Waals surface area contributed by atoms with Crippen LogP contribution in [0.4, 0.5) is 13.2 Å². The second kappa shape index (κ2) is 4.79. The Morgan fingerprint density at radius 3 is 1.90 bits per heavy atom. The molecule has 0 amide bonds. The Morgan fingerprint density at radius 2 is 1.80 bits per heavy atom. The maximum absolute atomic E-state index is 11.5. The Morgan fingerprint density at radius 1 is 1.40 bits per heavy atom. The highest BCUT2D eigenvalue weighted by atomic mass is 35.5. The molecular formula is C5H11ClF3N. The average molecular weight is 178 g/mol. The van der Waals surface area contributed by atoms with E-state index in [1.165, 1.54) is 0 Å². The number of nitrogens with two attached hydrogens (primary N) is 1. The summed E-state index contributed by atoms with van der Waals surface area (Å²) in [4.78, 5) is 0. The van der Waals surface area contributed by atoms with E-state index < -0.39 is 12.2 Å². The Kier molecular flexibility index (Phi) is 6.09. The molecule has 64 valence electrons. The van der Waals surface area contributed by atoms with Crippen molar-refractivity contribution in [3.8, 4) is 0 Å². The predicted octanol–water partition coefficient (Wildman–Crippen LogP) is 2.10. The zero-order valence-corrected chi connectivity index (χ0v) is 6.43. The van der Waals surface area contributed by atoms with Gasteiger partial charge in [-0.1, -0.05) is 13.3 Å². The van der Waals surface area contributed by atoms with Crippen LogP contribution in [-0.2, 0) is 0 Å². The quantitative estimate of drug-likeness (QED) is 0.687. The molecule has 0 aromatic heterocycles. The molecule has 0 spiro atoms. The molecule has 0 fully saturated rings. The molecule has 1 atom stereocenters. The van der Waals surface area contributed by atoms with Gasteiger partial charge in [-0.05, 0) is 6.42 Å². The van der Waals surface area contributed by atoms with Crippen LogP contribution in [-0.4, -0.2) is 12.2 Å². The number of halogens is 4. The van der Waals surface area contributed by atoms with Crippen LogP contribution in [0.3, 0.4) is 0 Å². The number of hydrogen-bond acceptors (Lipinski definition) is 1. The molecule has 0 aliphatic heterocycles. The molecule has 0 aliphatic rings. The highest BCUT2D eigenvalue weighted by Crippen LogP contribution is 2.20. The van der Waals surface area contributed by atoms with Gasteiger partial charge in [-0.25, -0.2) is 0 Å². The molecule has 0 heterocycles. The molecular weight excluding hydrogens is 167 g/mol. The normalized spacial score (nSPS) is 14.1. The van der Waals surface area contributed by atoms with E-state index in [9.17, 15) is 13.2 Å². The third kappa shape index (κ3) is 4.88. The summed E-state index contributed by atoms with van der Waals surface area (Å²) in [6.07, 6.45) is -3.72. The van der Waals surface area contributed by atoms with Gasteiger partial charge in [0.1, 0.15) is 6.04 Å². The summed E-state index contributed by atoms with van der Waals surface area (Å²) in [5, 5.41) is 0. The van der Waals surface area contributed by atoms with E-state index >= 15 is 0 Å². The molecule has 2 N–H and O–H groups in total. The maximum atomic E-state index is 11.5. The van der Waals surface area contributed by atoms with E-state index in [0.717, 1.165) is 0 Å². The number of alkyl halides is 3. The van der Waals surface area contributed by atoms with E-state index in [0.29, 0.717) is 6.42 Å². The van der Waals surface area contributed by atoms with Gasteiger partial charge in [0.15, 0.2) is 0 Å². The molecule has 0 radical (unpaired) electrons. The highest BCUT2D eigenvalue weighted by Gasteiger charge is 2.35. The van der Waals surface area contributed by atoms with Crippen molar-refractivity contribution in [1.29, 1.82) is 0 Å². The van der Waals surface area contributed by atoms with E-state index in [4.69, 9.17) is 5.73 Å². The fraction of sp³-hybridized carbons (Fsp3) is 1.00. The lowest BCUT2D eigenvalue weighted by atomic mass is 10.2. The average Bonchev–Trinajstić information content (AvgIpc) is 1.64. The second-order valence-electron chi connectivity index (χ2n) is 1.94. The summed E-state index contributed by atoms with van der Waals surface area (Å²) in [6, 6.07) is -1.64. The van der Waals surface area contributed by atoms with Gasteiger partial charge in [-0.3, -0.25) is 0 Å². The number of rotatable bonds is 2. The monoisotopic (exact) mass is 177 g/mol. The minimum absolute atomic E-state index is 0. The fourth-order valence-electron chi connectivity index (χ4n) is 0.475. The van der Waals surface area contributed by atoms with Crippen LogP contribution in [0, 0.1) is 0 Å². The van der Waals surface area contributed by atoms with Crippen molar-refractivity contribution in [3.63, 3.8) is 0 Å². The van der Waals surface area contributed by atoms with Gasteiger partial charge in [0.2, 0.25) is 0 Å². The van der Waals surface area contributed by atoms with E-state index in [1.54, 1.807) is 6.92 Å². The van der Waals surface area contributed by atoms with Crippen LogP contribution in [0.15, 0.2) is 0 Å². The lowest BCUT2D eigenvalue weighted by molar-refractivity contribution is -0.148. The molecule has 0 saturated carbocycles. The van der Waals surface area contributed by atoms with Gasteiger partial charge in [0, 0.05) is 0 Å². The summed E-state index contributed by atoms with van der Waals surface area (Å²) >= 11 is 0. The van der Waals surface area contributed by atoms with Crippen LogP contribution in [0.25, 0.3) is 0 Å². The summed E-state index contributed by atoms with van der Waals surface area (Å²) in [7, 11) is 0. The molecule has 0 unspecified atom stereocenters. The third-order valence-electron chi connectivity index (χ3n) is 1.02. The van der Waals surface area contributed by atoms with Crippen molar-refractivity contribution in [3.05, 3.63) is 0 Å². The largest absolute Gasteiger partial charge is 0.403 e. The van der Waals surface area contributed by atoms with Gasteiger partial charge in [-0.15, -0.1) is 12.4 Å². The summed E-state index contributed by atoms with van der Waals surface area (Å²) in [6.45, 7) is 1.67. The van der Waals surface area contributed by atoms with E-state index in [-0.39, 0.29) is 18.8 Å². The van der Waals surface area contributed by atoms with Crippen molar-refractivity contribution >= 4 is 12.4 Å². The Labute approximate surface area is 64.2 Å². The van der Waals surface area contributed by atoms with Crippen LogP contribution in [0.2, 0.25) is 0 Å². The Hall–Kier alpha value is 0.0400. The maximum Gasteiger partial charge on any atom is 0.403 e. The first-order valence-corrected chi connectivity index (χ1v) is 2.80. The summed E-state index contributed by atoms with van der Waals surface area (Å²) in [5.74, 6) is 0. The zero-order valence-electron chi connectivity index (χ0n) is 5.61. The Balaban J connectivity index is 0. The van der Waals surface area contributed by atoms with Crippen LogP contribution < -0.4 is 5.73 Å². The molecule has 10 heavy (non-hydrogen) atoms.